The highest BCUT2D eigenvalue weighted by Gasteiger charge is 2.31. The fraction of sp³-hybridized carbons (Fsp3) is 0.348. The molecule has 9 heteroatoms. The third-order valence-electron chi connectivity index (χ3n) is 5.87. The van der Waals surface area contributed by atoms with Gasteiger partial charge in [-0.1, -0.05) is 6.07 Å². The lowest BCUT2D eigenvalue weighted by Gasteiger charge is -2.35. The Balaban J connectivity index is 1.32. The summed E-state index contributed by atoms with van der Waals surface area (Å²) in [6.07, 6.45) is 6.70. The molecule has 0 aliphatic heterocycles. The fourth-order valence-electron chi connectivity index (χ4n) is 4.15. The van der Waals surface area contributed by atoms with Crippen LogP contribution < -0.4 is 5.32 Å². The normalized spacial score (nSPS) is 18.1. The Morgan fingerprint density at radius 3 is 3.00 bits per heavy atom. The van der Waals surface area contributed by atoms with Crippen molar-refractivity contribution in [1.82, 2.24) is 30.0 Å². The number of nitrogens with zero attached hydrogens (tertiary/aromatic N) is 5. The van der Waals surface area contributed by atoms with Crippen LogP contribution in [0, 0.1) is 5.92 Å². The van der Waals surface area contributed by atoms with Gasteiger partial charge in [-0.05, 0) is 59.0 Å². The highest BCUT2D eigenvalue weighted by Crippen LogP contribution is 2.31. The van der Waals surface area contributed by atoms with Crippen LogP contribution in [-0.4, -0.2) is 50.4 Å². The van der Waals surface area contributed by atoms with E-state index in [4.69, 9.17) is 9.72 Å². The van der Waals surface area contributed by atoms with Gasteiger partial charge in [-0.2, -0.15) is 5.10 Å². The van der Waals surface area contributed by atoms with Crippen molar-refractivity contribution in [3.05, 3.63) is 53.2 Å². The van der Waals surface area contributed by atoms with Crippen molar-refractivity contribution in [2.24, 2.45) is 5.92 Å². The average molecular weight is 495 g/mol. The van der Waals surface area contributed by atoms with Gasteiger partial charge in [0.2, 0.25) is 5.91 Å². The SMILES string of the molecule is COCCC(=O)NC1CC(Cc2ncc3c(Br)nn(-c4ccc5ncccc5c4)c3n2)C1. The van der Waals surface area contributed by atoms with Crippen molar-refractivity contribution < 1.29 is 9.53 Å². The number of carbonyl (C=O) groups excluding carboxylic acids is 1. The van der Waals surface area contributed by atoms with Crippen molar-refractivity contribution in [2.75, 3.05) is 13.7 Å². The molecule has 1 saturated carbocycles. The van der Waals surface area contributed by atoms with Gasteiger partial charge in [0.15, 0.2) is 5.65 Å². The summed E-state index contributed by atoms with van der Waals surface area (Å²) in [4.78, 5) is 25.6. The summed E-state index contributed by atoms with van der Waals surface area (Å²) in [5, 5.41) is 9.62. The molecular formula is C23H23BrN6O2. The zero-order chi connectivity index (χ0) is 22.1. The maximum absolute atomic E-state index is 11.8. The number of ether oxygens (including phenoxy) is 1. The first-order valence-electron chi connectivity index (χ1n) is 10.6. The van der Waals surface area contributed by atoms with Crippen molar-refractivity contribution >= 4 is 43.8 Å². The third-order valence-corrected chi connectivity index (χ3v) is 6.45. The topological polar surface area (TPSA) is 94.8 Å². The number of hydrogen-bond acceptors (Lipinski definition) is 6. The molecule has 3 aromatic heterocycles. The molecule has 8 nitrogen and oxygen atoms in total. The van der Waals surface area contributed by atoms with E-state index in [-0.39, 0.29) is 11.9 Å². The molecule has 0 radical (unpaired) electrons. The van der Waals surface area contributed by atoms with Crippen LogP contribution in [0.25, 0.3) is 27.6 Å². The molecule has 3 heterocycles. The number of aromatic nitrogens is 5. The number of pyridine rings is 1. The number of hydrogen-bond donors (Lipinski definition) is 1. The lowest BCUT2D eigenvalue weighted by molar-refractivity contribution is -0.123. The second-order valence-electron chi connectivity index (χ2n) is 8.16. The number of nitrogens with one attached hydrogen (secondary N) is 1. The summed E-state index contributed by atoms with van der Waals surface area (Å²) in [5.74, 6) is 1.31. The predicted octanol–water partition coefficient (Wildman–Crippen LogP) is 3.60. The molecule has 0 spiro atoms. The van der Waals surface area contributed by atoms with Crippen molar-refractivity contribution in [1.29, 1.82) is 0 Å². The Hall–Kier alpha value is -2.91. The van der Waals surface area contributed by atoms with E-state index in [9.17, 15) is 4.79 Å². The molecule has 1 aliphatic carbocycles. The second kappa shape index (κ2) is 8.91. The minimum absolute atomic E-state index is 0.0484. The third kappa shape index (κ3) is 4.22. The van der Waals surface area contributed by atoms with Crippen LogP contribution in [0.1, 0.15) is 25.1 Å². The van der Waals surface area contributed by atoms with Crippen LogP contribution in [0.4, 0.5) is 0 Å². The van der Waals surface area contributed by atoms with Crippen molar-refractivity contribution in [3.63, 3.8) is 0 Å². The minimum atomic E-state index is 0.0484. The summed E-state index contributed by atoms with van der Waals surface area (Å²) in [7, 11) is 1.60. The maximum Gasteiger partial charge on any atom is 0.222 e. The maximum atomic E-state index is 11.8. The number of carbonyl (C=O) groups is 1. The zero-order valence-electron chi connectivity index (χ0n) is 17.7. The second-order valence-corrected chi connectivity index (χ2v) is 8.91. The van der Waals surface area contributed by atoms with Gasteiger partial charge in [0.25, 0.3) is 0 Å². The van der Waals surface area contributed by atoms with E-state index in [1.54, 1.807) is 13.3 Å². The van der Waals surface area contributed by atoms with Gasteiger partial charge >= 0.3 is 0 Å². The quantitative estimate of drug-likeness (QED) is 0.421. The monoisotopic (exact) mass is 494 g/mol. The number of methoxy groups -OCH3 is 1. The Kier molecular flexibility index (Phi) is 5.84. The first-order valence-corrected chi connectivity index (χ1v) is 11.4. The molecule has 1 aromatic carbocycles. The summed E-state index contributed by atoms with van der Waals surface area (Å²) in [5.41, 5.74) is 2.64. The first-order chi connectivity index (χ1) is 15.6. The Labute approximate surface area is 193 Å². The average Bonchev–Trinajstić information content (AvgIpc) is 3.11. The predicted molar refractivity (Wildman–Crippen MR) is 125 cm³/mol. The highest BCUT2D eigenvalue weighted by atomic mass is 79.9. The summed E-state index contributed by atoms with van der Waals surface area (Å²) >= 11 is 3.54. The number of fused-ring (bicyclic) bond motifs is 2. The van der Waals surface area contributed by atoms with Gasteiger partial charge < -0.3 is 10.1 Å². The molecular weight excluding hydrogens is 472 g/mol. The van der Waals surface area contributed by atoms with Crippen LogP contribution in [0.3, 0.4) is 0 Å². The van der Waals surface area contributed by atoms with Crippen molar-refractivity contribution in [3.8, 4) is 5.69 Å². The van der Waals surface area contributed by atoms with Gasteiger partial charge in [-0.25, -0.2) is 14.6 Å². The smallest absolute Gasteiger partial charge is 0.222 e. The molecule has 0 bridgehead atoms. The fourth-order valence-corrected chi connectivity index (χ4v) is 4.59. The molecule has 1 fully saturated rings. The van der Waals surface area contributed by atoms with E-state index in [0.29, 0.717) is 23.5 Å². The largest absolute Gasteiger partial charge is 0.384 e. The lowest BCUT2D eigenvalue weighted by atomic mass is 9.78. The van der Waals surface area contributed by atoms with E-state index in [0.717, 1.165) is 52.7 Å². The van der Waals surface area contributed by atoms with E-state index >= 15 is 0 Å². The Morgan fingerprint density at radius 2 is 2.16 bits per heavy atom. The number of benzene rings is 1. The van der Waals surface area contributed by atoms with Crippen LogP contribution >= 0.6 is 15.9 Å². The molecule has 4 aromatic rings. The molecule has 1 amide bonds. The molecule has 0 atom stereocenters. The standard InChI is InChI=1S/C23H23BrN6O2/c1-32-8-6-21(31)27-16-9-14(10-16)11-20-26-13-18-22(24)29-30(23(18)28-20)17-4-5-19-15(12-17)3-2-7-25-19/h2-5,7,12-14,16H,6,8-11H2,1H3,(H,27,31). The number of amides is 1. The first kappa shape index (κ1) is 21.0. The van der Waals surface area contributed by atoms with E-state index in [1.165, 1.54) is 0 Å². The number of rotatable bonds is 7. The lowest BCUT2D eigenvalue weighted by Crippen LogP contribution is -2.45. The van der Waals surface area contributed by atoms with E-state index in [2.05, 4.69) is 42.4 Å². The summed E-state index contributed by atoms with van der Waals surface area (Å²) < 4.78 is 7.51. The molecule has 32 heavy (non-hydrogen) atoms. The number of halogens is 1. The molecule has 5 rings (SSSR count). The van der Waals surface area contributed by atoms with Gasteiger partial charge in [-0.3, -0.25) is 9.78 Å². The van der Waals surface area contributed by atoms with Crippen molar-refractivity contribution in [2.45, 2.75) is 31.7 Å². The van der Waals surface area contributed by atoms with Crippen LogP contribution in [0.2, 0.25) is 0 Å². The molecule has 0 unspecified atom stereocenters. The van der Waals surface area contributed by atoms with Crippen LogP contribution in [0.5, 0.6) is 0 Å². The van der Waals surface area contributed by atoms with Gasteiger partial charge in [-0.15, -0.1) is 0 Å². The zero-order valence-corrected chi connectivity index (χ0v) is 19.2. The Morgan fingerprint density at radius 1 is 1.28 bits per heavy atom. The summed E-state index contributed by atoms with van der Waals surface area (Å²) in [6.45, 7) is 0.451. The van der Waals surface area contributed by atoms with Gasteiger partial charge in [0, 0.05) is 43.8 Å². The Bertz CT molecular complexity index is 1280. The summed E-state index contributed by atoms with van der Waals surface area (Å²) in [6, 6.07) is 10.2. The molecule has 0 saturated heterocycles. The van der Waals surface area contributed by atoms with Crippen LogP contribution in [-0.2, 0) is 16.0 Å². The van der Waals surface area contributed by atoms with Gasteiger partial charge in [0.1, 0.15) is 10.4 Å². The highest BCUT2D eigenvalue weighted by molar-refractivity contribution is 9.10. The molecule has 164 valence electrons. The van der Waals surface area contributed by atoms with Gasteiger partial charge in [0.05, 0.1) is 23.2 Å². The van der Waals surface area contributed by atoms with Crippen LogP contribution in [0.15, 0.2) is 47.3 Å². The molecule has 1 aliphatic rings. The minimum Gasteiger partial charge on any atom is -0.384 e. The van der Waals surface area contributed by atoms with E-state index < -0.39 is 0 Å². The van der Waals surface area contributed by atoms with E-state index in [1.807, 2.05) is 35.1 Å². The molecule has 1 N–H and O–H groups in total.